The number of nitrogens with zero attached hydrogens (tertiary/aromatic N) is 1. The van der Waals surface area contributed by atoms with Crippen LogP contribution in [0.1, 0.15) is 0 Å². The first-order chi connectivity index (χ1) is 11.9. The molecule has 1 N–H and O–H groups in total. The van der Waals surface area contributed by atoms with E-state index in [1.165, 1.54) is 26.3 Å². The van der Waals surface area contributed by atoms with Crippen LogP contribution in [0.15, 0.2) is 58.3 Å². The standard InChI is InChI=1S/C17H20N2O4S2/c1-19(25(21,22)16-10-6-14(23-2)7-11-16)12-17(20)18-13-4-8-15(24-3)9-5-13/h4-11H,12H2,1-3H3,(H,18,20). The van der Waals surface area contributed by atoms with E-state index in [4.69, 9.17) is 4.74 Å². The van der Waals surface area contributed by atoms with Crippen LogP contribution >= 0.6 is 11.8 Å². The average molecular weight is 380 g/mol. The van der Waals surface area contributed by atoms with Gasteiger partial charge in [0.15, 0.2) is 0 Å². The molecule has 134 valence electrons. The van der Waals surface area contributed by atoms with E-state index in [2.05, 4.69) is 5.32 Å². The number of likely N-dealkylation sites (N-methyl/N-ethyl adjacent to an activating group) is 1. The number of methoxy groups -OCH3 is 1. The quantitative estimate of drug-likeness (QED) is 0.748. The van der Waals surface area contributed by atoms with Gasteiger partial charge in [0.2, 0.25) is 15.9 Å². The number of nitrogens with one attached hydrogen (secondary N) is 1. The number of amides is 1. The summed E-state index contributed by atoms with van der Waals surface area (Å²) in [5.74, 6) is 0.157. The highest BCUT2D eigenvalue weighted by Crippen LogP contribution is 2.19. The number of ether oxygens (including phenoxy) is 1. The predicted octanol–water partition coefficient (Wildman–Crippen LogP) is 2.68. The van der Waals surface area contributed by atoms with E-state index in [0.29, 0.717) is 11.4 Å². The van der Waals surface area contributed by atoms with Gasteiger partial charge in [-0.05, 0) is 54.8 Å². The van der Waals surface area contributed by atoms with E-state index >= 15 is 0 Å². The van der Waals surface area contributed by atoms with E-state index < -0.39 is 15.9 Å². The van der Waals surface area contributed by atoms with Crippen LogP contribution in [0.3, 0.4) is 0 Å². The first-order valence-electron chi connectivity index (χ1n) is 7.41. The van der Waals surface area contributed by atoms with Crippen LogP contribution in [-0.4, -0.2) is 45.6 Å². The van der Waals surface area contributed by atoms with Gasteiger partial charge < -0.3 is 10.1 Å². The van der Waals surface area contributed by atoms with Crippen molar-refractivity contribution in [3.05, 3.63) is 48.5 Å². The summed E-state index contributed by atoms with van der Waals surface area (Å²) in [6.45, 7) is -0.279. The minimum atomic E-state index is -3.75. The van der Waals surface area contributed by atoms with Gasteiger partial charge in [0.05, 0.1) is 18.6 Å². The van der Waals surface area contributed by atoms with Gasteiger partial charge in [0.25, 0.3) is 0 Å². The third-order valence-corrected chi connectivity index (χ3v) is 6.07. The Morgan fingerprint density at radius 3 is 2.24 bits per heavy atom. The van der Waals surface area contributed by atoms with E-state index in [0.717, 1.165) is 9.20 Å². The SMILES string of the molecule is COc1ccc(S(=O)(=O)N(C)CC(=O)Nc2ccc(SC)cc2)cc1. The molecule has 0 fully saturated rings. The van der Waals surface area contributed by atoms with Crippen molar-refractivity contribution in [1.82, 2.24) is 4.31 Å². The van der Waals surface area contributed by atoms with Crippen LogP contribution in [-0.2, 0) is 14.8 Å². The zero-order valence-corrected chi connectivity index (χ0v) is 15.9. The Morgan fingerprint density at radius 2 is 1.72 bits per heavy atom. The smallest absolute Gasteiger partial charge is 0.243 e. The molecule has 6 nitrogen and oxygen atoms in total. The number of sulfonamides is 1. The maximum Gasteiger partial charge on any atom is 0.243 e. The van der Waals surface area contributed by atoms with Crippen molar-refractivity contribution < 1.29 is 17.9 Å². The van der Waals surface area contributed by atoms with Crippen LogP contribution in [0.5, 0.6) is 5.75 Å². The molecule has 1 amide bonds. The second-order valence-corrected chi connectivity index (χ2v) is 8.14. The molecule has 0 aliphatic carbocycles. The molecule has 0 atom stereocenters. The molecule has 2 aromatic carbocycles. The summed E-state index contributed by atoms with van der Waals surface area (Å²) in [4.78, 5) is 13.3. The highest BCUT2D eigenvalue weighted by molar-refractivity contribution is 7.98. The molecule has 0 aliphatic heterocycles. The topological polar surface area (TPSA) is 75.7 Å². The number of carbonyl (C=O) groups excluding carboxylic acids is 1. The van der Waals surface area contributed by atoms with E-state index in [9.17, 15) is 13.2 Å². The molecule has 0 unspecified atom stereocenters. The minimum absolute atomic E-state index is 0.105. The highest BCUT2D eigenvalue weighted by Gasteiger charge is 2.23. The number of thioether (sulfide) groups is 1. The Labute approximate surface area is 152 Å². The Balaban J connectivity index is 2.03. The zero-order chi connectivity index (χ0) is 18.4. The van der Waals surface area contributed by atoms with Gasteiger partial charge in [-0.15, -0.1) is 11.8 Å². The van der Waals surface area contributed by atoms with Gasteiger partial charge in [-0.2, -0.15) is 4.31 Å². The Bertz CT molecular complexity index is 819. The van der Waals surface area contributed by atoms with Gasteiger partial charge in [0, 0.05) is 17.6 Å². The first-order valence-corrected chi connectivity index (χ1v) is 10.1. The second-order valence-electron chi connectivity index (χ2n) is 5.21. The average Bonchev–Trinajstić information content (AvgIpc) is 2.62. The Kier molecular flexibility index (Phi) is 6.46. The number of benzene rings is 2. The molecule has 0 saturated carbocycles. The molecule has 8 heteroatoms. The van der Waals surface area contributed by atoms with E-state index in [1.54, 1.807) is 36.0 Å². The lowest BCUT2D eigenvalue weighted by molar-refractivity contribution is -0.116. The summed E-state index contributed by atoms with van der Waals surface area (Å²) in [6, 6.07) is 13.4. The Hall–Kier alpha value is -2.03. The molecule has 0 saturated heterocycles. The van der Waals surface area contributed by atoms with E-state index in [1.807, 2.05) is 18.4 Å². The fourth-order valence-electron chi connectivity index (χ4n) is 2.09. The number of hydrogen-bond donors (Lipinski definition) is 1. The summed E-state index contributed by atoms with van der Waals surface area (Å²) in [6.07, 6.45) is 1.96. The molecule has 0 aliphatic rings. The van der Waals surface area contributed by atoms with Crippen LogP contribution < -0.4 is 10.1 Å². The second kappa shape index (κ2) is 8.37. The van der Waals surface area contributed by atoms with Crippen molar-refractivity contribution in [3.63, 3.8) is 0 Å². The highest BCUT2D eigenvalue weighted by atomic mass is 32.2. The molecular formula is C17H20N2O4S2. The third-order valence-electron chi connectivity index (χ3n) is 3.51. The van der Waals surface area contributed by atoms with Gasteiger partial charge in [0.1, 0.15) is 5.75 Å². The van der Waals surface area contributed by atoms with Crippen LogP contribution in [0, 0.1) is 0 Å². The molecule has 0 heterocycles. The summed E-state index contributed by atoms with van der Waals surface area (Å²) >= 11 is 1.60. The van der Waals surface area contributed by atoms with Crippen molar-refractivity contribution in [3.8, 4) is 5.75 Å². The fourth-order valence-corrected chi connectivity index (χ4v) is 3.63. The molecule has 0 aromatic heterocycles. The molecular weight excluding hydrogens is 360 g/mol. The Morgan fingerprint density at radius 1 is 1.12 bits per heavy atom. The minimum Gasteiger partial charge on any atom is -0.497 e. The van der Waals surface area contributed by atoms with Crippen molar-refractivity contribution in [2.24, 2.45) is 0 Å². The number of anilines is 1. The number of carbonyl (C=O) groups is 1. The first kappa shape index (κ1) is 19.3. The molecule has 2 rings (SSSR count). The van der Waals surface area contributed by atoms with Gasteiger partial charge >= 0.3 is 0 Å². The largest absolute Gasteiger partial charge is 0.497 e. The number of hydrogen-bond acceptors (Lipinski definition) is 5. The van der Waals surface area contributed by atoms with Crippen molar-refractivity contribution in [1.29, 1.82) is 0 Å². The van der Waals surface area contributed by atoms with Gasteiger partial charge in [-0.25, -0.2) is 8.42 Å². The summed E-state index contributed by atoms with van der Waals surface area (Å²) < 4.78 is 31.0. The fraction of sp³-hybridized carbons (Fsp3) is 0.235. The van der Waals surface area contributed by atoms with Crippen molar-refractivity contribution in [2.75, 3.05) is 32.3 Å². The molecule has 25 heavy (non-hydrogen) atoms. The van der Waals surface area contributed by atoms with Gasteiger partial charge in [-0.3, -0.25) is 4.79 Å². The predicted molar refractivity (Wildman–Crippen MR) is 99.7 cm³/mol. The lowest BCUT2D eigenvalue weighted by atomic mass is 10.3. The zero-order valence-electron chi connectivity index (χ0n) is 14.2. The lowest BCUT2D eigenvalue weighted by Gasteiger charge is -2.17. The van der Waals surface area contributed by atoms with E-state index in [-0.39, 0.29) is 11.4 Å². The monoisotopic (exact) mass is 380 g/mol. The number of rotatable bonds is 7. The molecule has 2 aromatic rings. The van der Waals surface area contributed by atoms with Crippen LogP contribution in [0.25, 0.3) is 0 Å². The lowest BCUT2D eigenvalue weighted by Crippen LogP contribution is -2.34. The van der Waals surface area contributed by atoms with Crippen LogP contribution in [0.2, 0.25) is 0 Å². The van der Waals surface area contributed by atoms with Crippen molar-refractivity contribution in [2.45, 2.75) is 9.79 Å². The summed E-state index contributed by atoms with van der Waals surface area (Å²) in [7, 11) is -0.872. The molecule has 0 spiro atoms. The molecule has 0 radical (unpaired) electrons. The molecule has 0 bridgehead atoms. The maximum atomic E-state index is 12.5. The van der Waals surface area contributed by atoms with Crippen LogP contribution in [0.4, 0.5) is 5.69 Å². The van der Waals surface area contributed by atoms with Crippen molar-refractivity contribution >= 4 is 33.4 Å². The third kappa shape index (κ3) is 4.97. The normalized spacial score (nSPS) is 11.4. The van der Waals surface area contributed by atoms with Gasteiger partial charge in [-0.1, -0.05) is 0 Å². The summed E-state index contributed by atoms with van der Waals surface area (Å²) in [5.41, 5.74) is 0.623. The summed E-state index contributed by atoms with van der Waals surface area (Å²) in [5, 5.41) is 2.69. The maximum absolute atomic E-state index is 12.5.